The summed E-state index contributed by atoms with van der Waals surface area (Å²) in [6.07, 6.45) is 4.80. The van der Waals surface area contributed by atoms with E-state index >= 15 is 0 Å². The van der Waals surface area contributed by atoms with E-state index in [4.69, 9.17) is 0 Å². The van der Waals surface area contributed by atoms with Crippen molar-refractivity contribution < 1.29 is 8.42 Å². The molecule has 1 unspecified atom stereocenters. The molecule has 0 N–H and O–H groups in total. The van der Waals surface area contributed by atoms with Crippen LogP contribution in [-0.2, 0) is 16.4 Å². The molecule has 1 saturated heterocycles. The molecule has 1 aromatic rings. The van der Waals surface area contributed by atoms with Crippen molar-refractivity contribution in [2.45, 2.75) is 38.1 Å². The van der Waals surface area contributed by atoms with Gasteiger partial charge < -0.3 is 0 Å². The van der Waals surface area contributed by atoms with Crippen molar-refractivity contribution in [2.75, 3.05) is 17.6 Å². The molecule has 0 radical (unpaired) electrons. The Balaban J connectivity index is 2.04. The van der Waals surface area contributed by atoms with Crippen LogP contribution in [0, 0.1) is 0 Å². The minimum absolute atomic E-state index is 0.123. The van der Waals surface area contributed by atoms with Crippen LogP contribution in [0.15, 0.2) is 30.3 Å². The van der Waals surface area contributed by atoms with Crippen LogP contribution >= 0.6 is 15.9 Å². The van der Waals surface area contributed by atoms with E-state index < -0.39 is 10.0 Å². The van der Waals surface area contributed by atoms with Gasteiger partial charge in [-0.2, -0.15) is 4.31 Å². The van der Waals surface area contributed by atoms with E-state index in [0.717, 1.165) is 36.6 Å². The molecule has 1 atom stereocenters. The van der Waals surface area contributed by atoms with Crippen molar-refractivity contribution in [3.8, 4) is 0 Å². The molecular weight excluding hydrogens is 338 g/mol. The molecular formula is C15H22BrNO2S. The third-order valence-electron chi connectivity index (χ3n) is 3.85. The number of aryl methyl sites for hydroxylation is 1. The summed E-state index contributed by atoms with van der Waals surface area (Å²) in [6.45, 7) is 0.674. The van der Waals surface area contributed by atoms with E-state index in [-0.39, 0.29) is 11.8 Å². The number of benzene rings is 1. The zero-order valence-electron chi connectivity index (χ0n) is 11.7. The van der Waals surface area contributed by atoms with Gasteiger partial charge in [0.15, 0.2) is 0 Å². The number of halogens is 1. The first-order chi connectivity index (χ1) is 9.63. The Hall–Kier alpha value is -0.390. The summed E-state index contributed by atoms with van der Waals surface area (Å²) in [5, 5.41) is 0.734. The monoisotopic (exact) mass is 359 g/mol. The molecule has 0 bridgehead atoms. The Morgan fingerprint density at radius 2 is 1.90 bits per heavy atom. The number of alkyl halides is 1. The highest BCUT2D eigenvalue weighted by Gasteiger charge is 2.29. The standard InChI is InChI=1S/C15H22BrNO2S/c16-13-15-9-5-2-6-11-17(15)20(18,19)12-10-14-7-3-1-4-8-14/h1,3-4,7-8,15H,2,5-6,9-13H2. The first-order valence-corrected chi connectivity index (χ1v) is 9.96. The van der Waals surface area contributed by atoms with Crippen LogP contribution in [0.3, 0.4) is 0 Å². The van der Waals surface area contributed by atoms with Crippen LogP contribution in [0.5, 0.6) is 0 Å². The molecule has 2 rings (SSSR count). The fourth-order valence-electron chi connectivity index (χ4n) is 2.68. The van der Waals surface area contributed by atoms with E-state index in [9.17, 15) is 8.42 Å². The van der Waals surface area contributed by atoms with Gasteiger partial charge >= 0.3 is 0 Å². The molecule has 1 fully saturated rings. The van der Waals surface area contributed by atoms with Crippen molar-refractivity contribution in [3.63, 3.8) is 0 Å². The van der Waals surface area contributed by atoms with Crippen molar-refractivity contribution in [2.24, 2.45) is 0 Å². The van der Waals surface area contributed by atoms with E-state index in [2.05, 4.69) is 15.9 Å². The highest BCUT2D eigenvalue weighted by atomic mass is 79.9. The summed E-state index contributed by atoms with van der Waals surface area (Å²) < 4.78 is 26.9. The highest BCUT2D eigenvalue weighted by molar-refractivity contribution is 9.09. The first kappa shape index (κ1) is 16.0. The number of sulfonamides is 1. The number of nitrogens with zero attached hydrogens (tertiary/aromatic N) is 1. The smallest absolute Gasteiger partial charge is 0.212 e. The molecule has 0 spiro atoms. The van der Waals surface area contributed by atoms with E-state index in [1.165, 1.54) is 0 Å². The minimum Gasteiger partial charge on any atom is -0.212 e. The molecule has 1 aromatic carbocycles. The topological polar surface area (TPSA) is 37.4 Å². The maximum atomic E-state index is 12.6. The molecule has 0 aromatic heterocycles. The van der Waals surface area contributed by atoms with E-state index in [1.807, 2.05) is 30.3 Å². The van der Waals surface area contributed by atoms with Crippen LogP contribution in [0.2, 0.25) is 0 Å². The van der Waals surface area contributed by atoms with Gasteiger partial charge in [0.05, 0.1) is 5.75 Å². The molecule has 5 heteroatoms. The second-order valence-corrected chi connectivity index (χ2v) is 8.01. The van der Waals surface area contributed by atoms with Gasteiger partial charge in [-0.15, -0.1) is 0 Å². The quantitative estimate of drug-likeness (QED) is 0.757. The summed E-state index contributed by atoms with van der Waals surface area (Å²) in [5.74, 6) is 0.209. The fourth-order valence-corrected chi connectivity index (χ4v) is 5.31. The lowest BCUT2D eigenvalue weighted by Crippen LogP contribution is -2.42. The average molecular weight is 360 g/mol. The fraction of sp³-hybridized carbons (Fsp3) is 0.600. The lowest BCUT2D eigenvalue weighted by atomic mass is 10.1. The average Bonchev–Trinajstić information content (AvgIpc) is 2.72. The Morgan fingerprint density at radius 3 is 2.60 bits per heavy atom. The van der Waals surface area contributed by atoms with Crippen molar-refractivity contribution in [3.05, 3.63) is 35.9 Å². The van der Waals surface area contributed by atoms with Crippen molar-refractivity contribution >= 4 is 26.0 Å². The summed E-state index contributed by atoms with van der Waals surface area (Å²) in [4.78, 5) is 0. The molecule has 1 heterocycles. The lowest BCUT2D eigenvalue weighted by molar-refractivity contribution is 0.347. The first-order valence-electron chi connectivity index (χ1n) is 7.23. The SMILES string of the molecule is O=S(=O)(CCc1ccccc1)N1CCCCCC1CBr. The molecule has 20 heavy (non-hydrogen) atoms. The molecule has 0 saturated carbocycles. The number of hydrogen-bond donors (Lipinski definition) is 0. The molecule has 0 amide bonds. The van der Waals surface area contributed by atoms with E-state index in [0.29, 0.717) is 13.0 Å². The van der Waals surface area contributed by atoms with Gasteiger partial charge in [0.1, 0.15) is 0 Å². The Kier molecular flexibility index (Phi) is 6.05. The molecule has 1 aliphatic rings. The van der Waals surface area contributed by atoms with Gasteiger partial charge in [-0.25, -0.2) is 8.42 Å². The second kappa shape index (κ2) is 7.57. The van der Waals surface area contributed by atoms with Gasteiger partial charge in [-0.3, -0.25) is 0 Å². The number of hydrogen-bond acceptors (Lipinski definition) is 2. The van der Waals surface area contributed by atoms with Crippen molar-refractivity contribution in [1.82, 2.24) is 4.31 Å². The third kappa shape index (κ3) is 4.30. The molecule has 3 nitrogen and oxygen atoms in total. The summed E-state index contributed by atoms with van der Waals surface area (Å²) >= 11 is 3.47. The minimum atomic E-state index is -3.16. The van der Waals surface area contributed by atoms with Crippen LogP contribution in [0.1, 0.15) is 31.2 Å². The summed E-state index contributed by atoms with van der Waals surface area (Å²) in [6, 6.07) is 9.95. The Bertz CT molecular complexity index is 504. The molecule has 112 valence electrons. The van der Waals surface area contributed by atoms with Gasteiger partial charge in [0.25, 0.3) is 0 Å². The molecule has 0 aliphatic carbocycles. The van der Waals surface area contributed by atoms with E-state index in [1.54, 1.807) is 4.31 Å². The summed E-state index contributed by atoms with van der Waals surface area (Å²) in [7, 11) is -3.16. The Labute approximate surface area is 130 Å². The van der Waals surface area contributed by atoms with Crippen LogP contribution < -0.4 is 0 Å². The van der Waals surface area contributed by atoms with Gasteiger partial charge in [0, 0.05) is 17.9 Å². The van der Waals surface area contributed by atoms with Crippen LogP contribution in [0.4, 0.5) is 0 Å². The predicted molar refractivity (Wildman–Crippen MR) is 86.7 cm³/mol. The predicted octanol–water partition coefficient (Wildman–Crippen LogP) is 3.20. The van der Waals surface area contributed by atoms with Gasteiger partial charge in [0.2, 0.25) is 10.0 Å². The third-order valence-corrected chi connectivity index (χ3v) is 6.51. The normalized spacial score (nSPS) is 21.6. The van der Waals surface area contributed by atoms with Crippen molar-refractivity contribution in [1.29, 1.82) is 0 Å². The second-order valence-electron chi connectivity index (χ2n) is 5.32. The van der Waals surface area contributed by atoms with Crippen LogP contribution in [-0.4, -0.2) is 36.4 Å². The Morgan fingerprint density at radius 1 is 1.15 bits per heavy atom. The highest BCUT2D eigenvalue weighted by Crippen LogP contribution is 2.22. The lowest BCUT2D eigenvalue weighted by Gasteiger charge is -2.27. The largest absolute Gasteiger partial charge is 0.214 e. The maximum Gasteiger partial charge on any atom is 0.214 e. The molecule has 1 aliphatic heterocycles. The van der Waals surface area contributed by atoms with Gasteiger partial charge in [-0.1, -0.05) is 59.1 Å². The van der Waals surface area contributed by atoms with Crippen LogP contribution in [0.25, 0.3) is 0 Å². The van der Waals surface area contributed by atoms with Gasteiger partial charge in [-0.05, 0) is 24.8 Å². The summed E-state index contributed by atoms with van der Waals surface area (Å²) in [5.41, 5.74) is 1.08. The number of rotatable bonds is 5. The zero-order valence-corrected chi connectivity index (χ0v) is 14.1. The maximum absolute atomic E-state index is 12.6. The zero-order chi connectivity index (χ0) is 14.4.